The summed E-state index contributed by atoms with van der Waals surface area (Å²) in [5, 5.41) is 19.3. The van der Waals surface area contributed by atoms with Crippen LogP contribution in [0.2, 0.25) is 0 Å². The molecule has 2 unspecified atom stereocenters. The maximum atomic E-state index is 11.4. The molecule has 0 radical (unpaired) electrons. The van der Waals surface area contributed by atoms with Gasteiger partial charge in [-0.05, 0) is 43.4 Å². The maximum Gasteiger partial charge on any atom is 0.340 e. The Labute approximate surface area is 652 Å². The van der Waals surface area contributed by atoms with Gasteiger partial charge in [-0.15, -0.1) is 34.0 Å². The van der Waals surface area contributed by atoms with Gasteiger partial charge in [-0.2, -0.15) is 0 Å². The number of ether oxygens (including phenoxy) is 3. The summed E-state index contributed by atoms with van der Waals surface area (Å²) in [6, 6.07) is -1.27. The fourth-order valence-corrected chi connectivity index (χ4v) is 86.7. The molecule has 502 valence electrons. The molecular formula is C24H28N12O8S45. The van der Waals surface area contributed by atoms with E-state index < -0.39 is 30.1 Å². The zero-order valence-corrected chi connectivity index (χ0v) is 78.9. The summed E-state index contributed by atoms with van der Waals surface area (Å²) >= 11 is 32.1. The number of aromatic nitrogens is 3. The van der Waals surface area contributed by atoms with E-state index in [1.807, 2.05) is 0 Å². The van der Waals surface area contributed by atoms with Gasteiger partial charge in [-0.1, -0.05) is 15.3 Å². The summed E-state index contributed by atoms with van der Waals surface area (Å²) in [4.78, 5) is 63.4. The molecule has 0 saturated heterocycles. The second-order valence-electron chi connectivity index (χ2n) is 9.76. The molecule has 0 aliphatic rings. The van der Waals surface area contributed by atoms with Crippen LogP contribution in [-0.2, 0) is 415 Å². The van der Waals surface area contributed by atoms with E-state index in [-0.39, 0.29) is 25.5 Å². The van der Waals surface area contributed by atoms with Crippen LogP contribution in [0.5, 0.6) is 0 Å². The monoisotopic (exact) mass is 2050 g/mol. The zero-order chi connectivity index (χ0) is 66.7. The van der Waals surface area contributed by atoms with Crippen LogP contribution in [0.3, 0.4) is 0 Å². The third-order valence-electron chi connectivity index (χ3n) is 5.17. The maximum absolute atomic E-state index is 11.4. The molecule has 2 atom stereocenters. The minimum absolute atomic E-state index is 0.0661. The summed E-state index contributed by atoms with van der Waals surface area (Å²) < 4.78 is 13.9. The Kier molecular flexibility index (Phi) is 95.9. The first-order valence-electron chi connectivity index (χ1n) is 19.3. The molecule has 20 nitrogen and oxygen atoms in total. The van der Waals surface area contributed by atoms with Gasteiger partial charge in [-0.3, -0.25) is 29.3 Å². The Bertz CT molecular complexity index is 4450. The SMILES string of the molecule is CCOC(=O)/C(=C/c1cncs1)N=[N+]=[N-].CCOC(=O)C(N=[N+]=[N-])C(O)c1cncs1.CCOC(=O)CN=[N+]=[N-].O=Cc1cncs1.S=S=S=S=S=S=S=S=S=S=S=S=S.S=S=S=S=S=S=S=S=S=S=S=S=S=S.S=S=S=S=S=S=S=S=S=S=S=S=S=S=S. The van der Waals surface area contributed by atoms with E-state index in [4.69, 9.17) is 93.2 Å². The average Bonchev–Trinajstić information content (AvgIpc) is 4.36. The van der Waals surface area contributed by atoms with Gasteiger partial charge in [-0.25, -0.2) is 4.79 Å². The molecule has 0 aliphatic heterocycles. The number of carbonyl (C=O) groups is 4. The normalized spacial score (nSPS) is 9.06. The van der Waals surface area contributed by atoms with E-state index in [2.05, 4.69) is 49.8 Å². The number of esters is 3. The summed E-state index contributed by atoms with van der Waals surface area (Å²) in [5.41, 5.74) is 29.0. The third-order valence-corrected chi connectivity index (χ3v) is 80.8. The van der Waals surface area contributed by atoms with Gasteiger partial charge in [0.1, 0.15) is 18.3 Å². The van der Waals surface area contributed by atoms with Gasteiger partial charge in [0.25, 0.3) is 0 Å². The van der Waals surface area contributed by atoms with E-state index in [0.29, 0.717) is 16.4 Å². The molecule has 0 aliphatic carbocycles. The molecule has 89 heavy (non-hydrogen) atoms. The molecule has 0 spiro atoms. The lowest BCUT2D eigenvalue weighted by Gasteiger charge is -2.14. The van der Waals surface area contributed by atoms with E-state index in [9.17, 15) is 24.3 Å². The quantitative estimate of drug-likeness (QED) is 0.0421. The minimum atomic E-state index is -1.27. The minimum Gasteiger partial charge on any atom is -0.466 e. The van der Waals surface area contributed by atoms with Crippen LogP contribution in [-0.4, -0.2) is 76.7 Å². The van der Waals surface area contributed by atoms with E-state index in [1.165, 1.54) is 111 Å². The Morgan fingerprint density at radius 2 is 0.865 bits per heavy atom. The molecule has 65 heteroatoms. The largest absolute Gasteiger partial charge is 0.466 e. The van der Waals surface area contributed by atoms with Crippen molar-refractivity contribution in [2.24, 2.45) is 15.3 Å². The molecule has 1 N–H and O–H groups in total. The number of rotatable bonds is 13. The molecule has 0 bridgehead atoms. The van der Waals surface area contributed by atoms with Crippen LogP contribution in [0, 0.1) is 0 Å². The summed E-state index contributed by atoms with van der Waals surface area (Å²) in [6.45, 7) is 5.49. The Hall–Kier alpha value is 3.84. The number of aliphatic hydroxyl groups excluding tert-OH is 1. The van der Waals surface area contributed by atoms with Gasteiger partial charge >= 0.3 is 17.9 Å². The number of aliphatic hydroxyl groups is 1. The molecular weight excluding hydrogens is 2030 g/mol. The van der Waals surface area contributed by atoms with Crippen molar-refractivity contribution in [1.82, 2.24) is 15.0 Å². The molecule has 0 saturated carbocycles. The summed E-state index contributed by atoms with van der Waals surface area (Å²) in [7, 11) is 59.7. The zero-order valence-electron chi connectivity index (χ0n) is 42.1. The third kappa shape index (κ3) is 75.9. The van der Waals surface area contributed by atoms with Gasteiger partial charge in [0.15, 0.2) is 12.3 Å². The van der Waals surface area contributed by atoms with Crippen molar-refractivity contribution in [2.75, 3.05) is 26.4 Å². The topological polar surface area (TPSA) is 301 Å². The van der Waals surface area contributed by atoms with Gasteiger partial charge in [0.2, 0.25) is 0 Å². The van der Waals surface area contributed by atoms with Gasteiger partial charge in [0, 0.05) is 425 Å². The highest BCUT2D eigenvalue weighted by atomic mass is 33.5. The fraction of sp³-hybridized carbons (Fsp3) is 0.375. The van der Waals surface area contributed by atoms with Gasteiger partial charge < -0.3 is 19.3 Å². The molecule has 3 aromatic heterocycles. The van der Waals surface area contributed by atoms with E-state index in [0.717, 1.165) is 11.2 Å². The van der Waals surface area contributed by atoms with Gasteiger partial charge in [0.05, 0.1) is 46.1 Å². The Morgan fingerprint density at radius 3 is 1.13 bits per heavy atom. The van der Waals surface area contributed by atoms with Crippen LogP contribution in [0.4, 0.5) is 0 Å². The number of hydrogen-bond donors (Lipinski definition) is 1. The van der Waals surface area contributed by atoms with Crippen LogP contribution < -0.4 is 0 Å². The highest BCUT2D eigenvalue weighted by Crippen LogP contribution is 2.23. The first-order chi connectivity index (χ1) is 43.5. The second-order valence-corrected chi connectivity index (χ2v) is 76.2. The number of thiazole rings is 3. The molecule has 0 aromatic carbocycles. The van der Waals surface area contributed by atoms with Crippen molar-refractivity contribution >= 4 is 451 Å². The lowest BCUT2D eigenvalue weighted by atomic mass is 10.1. The first kappa shape index (κ1) is 99.2. The van der Waals surface area contributed by atoms with Crippen molar-refractivity contribution in [1.29, 1.82) is 0 Å². The number of azide groups is 3. The fourth-order valence-electron chi connectivity index (χ4n) is 2.78. The molecule has 0 amide bonds. The molecule has 3 rings (SSSR count). The number of nitrogens with zero attached hydrogens (tertiary/aromatic N) is 12. The molecule has 0 fully saturated rings. The highest BCUT2D eigenvalue weighted by molar-refractivity contribution is 8.78. The lowest BCUT2D eigenvalue weighted by molar-refractivity contribution is -0.147. The predicted octanol–water partition coefficient (Wildman–Crippen LogP) is 5.49. The van der Waals surface area contributed by atoms with Crippen LogP contribution in [0.25, 0.3) is 37.4 Å². The average molecular weight is 2060 g/mol. The molecule has 3 aromatic rings. The number of carbonyl (C=O) groups excluding carboxylic acids is 4. The highest BCUT2D eigenvalue weighted by Gasteiger charge is 2.29. The van der Waals surface area contributed by atoms with Crippen molar-refractivity contribution < 1.29 is 38.5 Å². The molecule has 3 heterocycles. The van der Waals surface area contributed by atoms with Crippen molar-refractivity contribution in [3.63, 3.8) is 0 Å². The summed E-state index contributed by atoms with van der Waals surface area (Å²) in [6.07, 6.45) is 5.53. The first-order valence-corrected chi connectivity index (χ1v) is 74.0. The van der Waals surface area contributed by atoms with E-state index in [1.54, 1.807) is 304 Å². The number of hydrogen-bond acceptors (Lipinski definition) is 23. The predicted molar refractivity (Wildman–Crippen MR) is 480 cm³/mol. The van der Waals surface area contributed by atoms with Crippen molar-refractivity contribution in [2.45, 2.75) is 32.9 Å². The summed E-state index contributed by atoms with van der Waals surface area (Å²) in [5.74, 6) is -1.87. The Morgan fingerprint density at radius 1 is 0.517 bits per heavy atom. The van der Waals surface area contributed by atoms with E-state index >= 15 is 0 Å². The van der Waals surface area contributed by atoms with Crippen LogP contribution >= 0.6 is 34.0 Å². The number of aldehydes is 1. The van der Waals surface area contributed by atoms with Crippen molar-refractivity contribution in [3.05, 3.63) is 86.8 Å². The lowest BCUT2D eigenvalue weighted by Crippen LogP contribution is -2.27. The smallest absolute Gasteiger partial charge is 0.340 e. The van der Waals surface area contributed by atoms with Crippen LogP contribution in [0.15, 0.2) is 56.2 Å². The van der Waals surface area contributed by atoms with Crippen molar-refractivity contribution in [3.8, 4) is 0 Å². The Balaban J connectivity index is -0.000000479. The standard InChI is InChI=1S/C8H10N4O3S.C8H8N4O2S.C4H7N3O2.C4H3NOS.S15.S14.S13/c1-2-15-8(14)6(11-12-9)7(13)5-3-10-4-16-5;1-2-14-8(13)7(11-12-9)3-6-4-10-5-15-6;1-2-9-4(8)3-6-7-5;6-2-4-1-5-3-7-4;1-3-5-7-9-11-13-15-14-12-10-8-6-4-2;1-3-5-7-9-11-13-14-12-10-8-6-4-2;1-3-5-7-9-11-13-12-10-8-6-4-2/h3-4,6-7,13H,2H2,1H3;3-5H,2H2,1H3;2-3H2,1H3;1-3H;;;/b;7-3-;;;;;. The second kappa shape index (κ2) is 86.1. The van der Waals surface area contributed by atoms with Crippen LogP contribution in [0.1, 0.15) is 46.3 Å².